The average Bonchev–Trinajstić information content (AvgIpc) is 2.98. The SMILES string of the molecule is Cc1noc(C)c1CSc1ncccc1C(=O)NCCc1cccc(F)c1. The normalized spacial score (nSPS) is 10.8. The van der Waals surface area contributed by atoms with Gasteiger partial charge in [-0.25, -0.2) is 9.37 Å². The van der Waals surface area contributed by atoms with Crippen molar-refractivity contribution in [2.24, 2.45) is 0 Å². The Morgan fingerprint density at radius 1 is 1.26 bits per heavy atom. The number of rotatable bonds is 7. The number of aryl methyl sites for hydroxylation is 2. The molecular formula is C20H20FN3O2S. The van der Waals surface area contributed by atoms with Crippen LogP contribution in [0, 0.1) is 19.7 Å². The maximum absolute atomic E-state index is 13.2. The van der Waals surface area contributed by atoms with Gasteiger partial charge in [-0.2, -0.15) is 0 Å². The highest BCUT2D eigenvalue weighted by Crippen LogP contribution is 2.27. The monoisotopic (exact) mass is 385 g/mol. The Hall–Kier alpha value is -2.67. The molecule has 2 heterocycles. The first-order chi connectivity index (χ1) is 13.0. The van der Waals surface area contributed by atoms with Crippen LogP contribution in [0.15, 0.2) is 52.1 Å². The molecule has 27 heavy (non-hydrogen) atoms. The summed E-state index contributed by atoms with van der Waals surface area (Å²) in [6.07, 6.45) is 2.23. The van der Waals surface area contributed by atoms with Gasteiger partial charge in [0.2, 0.25) is 0 Å². The first-order valence-electron chi connectivity index (χ1n) is 8.57. The number of thioether (sulfide) groups is 1. The molecule has 0 atom stereocenters. The number of pyridine rings is 1. The fourth-order valence-corrected chi connectivity index (χ4v) is 3.78. The van der Waals surface area contributed by atoms with E-state index in [0.29, 0.717) is 29.3 Å². The van der Waals surface area contributed by atoms with E-state index in [2.05, 4.69) is 15.5 Å². The topological polar surface area (TPSA) is 68.0 Å². The number of hydrogen-bond acceptors (Lipinski definition) is 5. The predicted octanol–water partition coefficient (Wildman–Crippen LogP) is 4.09. The van der Waals surface area contributed by atoms with Gasteiger partial charge in [-0.15, -0.1) is 11.8 Å². The highest BCUT2D eigenvalue weighted by atomic mass is 32.2. The van der Waals surface area contributed by atoms with E-state index in [0.717, 1.165) is 22.6 Å². The number of nitrogens with zero attached hydrogens (tertiary/aromatic N) is 2. The molecule has 0 bridgehead atoms. The summed E-state index contributed by atoms with van der Waals surface area (Å²) < 4.78 is 18.4. The molecule has 0 radical (unpaired) electrons. The van der Waals surface area contributed by atoms with E-state index in [1.54, 1.807) is 24.4 Å². The lowest BCUT2D eigenvalue weighted by Gasteiger charge is -2.09. The van der Waals surface area contributed by atoms with Crippen molar-refractivity contribution < 1.29 is 13.7 Å². The van der Waals surface area contributed by atoms with E-state index in [-0.39, 0.29) is 11.7 Å². The molecule has 1 aromatic carbocycles. The molecule has 0 fully saturated rings. The third kappa shape index (κ3) is 4.95. The van der Waals surface area contributed by atoms with E-state index in [4.69, 9.17) is 4.52 Å². The Morgan fingerprint density at radius 2 is 2.11 bits per heavy atom. The number of aromatic nitrogens is 2. The van der Waals surface area contributed by atoms with Crippen LogP contribution in [0.4, 0.5) is 4.39 Å². The van der Waals surface area contributed by atoms with Crippen molar-refractivity contribution in [3.05, 3.63) is 76.6 Å². The molecule has 0 saturated heterocycles. The number of halogens is 1. The number of hydrogen-bond donors (Lipinski definition) is 1. The third-order valence-electron chi connectivity index (χ3n) is 4.14. The Kier molecular flexibility index (Phi) is 6.24. The summed E-state index contributed by atoms with van der Waals surface area (Å²) in [4.78, 5) is 16.9. The van der Waals surface area contributed by atoms with Crippen molar-refractivity contribution in [1.82, 2.24) is 15.5 Å². The summed E-state index contributed by atoms with van der Waals surface area (Å²) in [5, 5.41) is 7.48. The smallest absolute Gasteiger partial charge is 0.254 e. The van der Waals surface area contributed by atoms with Gasteiger partial charge in [0, 0.05) is 24.1 Å². The Morgan fingerprint density at radius 3 is 2.85 bits per heavy atom. The summed E-state index contributed by atoms with van der Waals surface area (Å²) in [5.41, 5.74) is 3.23. The first-order valence-corrected chi connectivity index (χ1v) is 9.55. The highest BCUT2D eigenvalue weighted by molar-refractivity contribution is 7.98. The quantitative estimate of drug-likeness (QED) is 0.621. The van der Waals surface area contributed by atoms with Crippen LogP contribution in [-0.4, -0.2) is 22.6 Å². The molecule has 7 heteroatoms. The van der Waals surface area contributed by atoms with Crippen LogP contribution in [-0.2, 0) is 12.2 Å². The molecule has 0 saturated carbocycles. The van der Waals surface area contributed by atoms with Crippen molar-refractivity contribution >= 4 is 17.7 Å². The second-order valence-electron chi connectivity index (χ2n) is 6.08. The van der Waals surface area contributed by atoms with Crippen molar-refractivity contribution in [3.8, 4) is 0 Å². The lowest BCUT2D eigenvalue weighted by atomic mass is 10.1. The van der Waals surface area contributed by atoms with Gasteiger partial charge in [0.05, 0.1) is 11.3 Å². The molecular weight excluding hydrogens is 365 g/mol. The first kappa shape index (κ1) is 19.1. The van der Waals surface area contributed by atoms with Crippen LogP contribution in [0.3, 0.4) is 0 Å². The summed E-state index contributed by atoms with van der Waals surface area (Å²) in [6.45, 7) is 4.18. The van der Waals surface area contributed by atoms with Gasteiger partial charge in [0.25, 0.3) is 5.91 Å². The second kappa shape index (κ2) is 8.81. The number of nitrogens with one attached hydrogen (secondary N) is 1. The molecule has 0 spiro atoms. The highest BCUT2D eigenvalue weighted by Gasteiger charge is 2.15. The van der Waals surface area contributed by atoms with E-state index in [1.807, 2.05) is 19.9 Å². The Labute approximate surface area is 161 Å². The number of carbonyl (C=O) groups excluding carboxylic acids is 1. The van der Waals surface area contributed by atoms with E-state index in [1.165, 1.54) is 23.9 Å². The van der Waals surface area contributed by atoms with E-state index < -0.39 is 0 Å². The average molecular weight is 385 g/mol. The van der Waals surface area contributed by atoms with Gasteiger partial charge in [0.15, 0.2) is 0 Å². The fourth-order valence-electron chi connectivity index (χ4n) is 2.64. The fraction of sp³-hybridized carbons (Fsp3) is 0.250. The van der Waals surface area contributed by atoms with Crippen LogP contribution in [0.5, 0.6) is 0 Å². The van der Waals surface area contributed by atoms with Crippen molar-refractivity contribution in [2.45, 2.75) is 31.0 Å². The zero-order valence-corrected chi connectivity index (χ0v) is 16.0. The van der Waals surface area contributed by atoms with Crippen LogP contribution in [0.25, 0.3) is 0 Å². The summed E-state index contributed by atoms with van der Waals surface area (Å²) >= 11 is 1.47. The molecule has 0 aliphatic carbocycles. The van der Waals surface area contributed by atoms with Crippen molar-refractivity contribution in [2.75, 3.05) is 6.54 Å². The van der Waals surface area contributed by atoms with Crippen LogP contribution in [0.2, 0.25) is 0 Å². The molecule has 3 aromatic rings. The minimum Gasteiger partial charge on any atom is -0.361 e. The van der Waals surface area contributed by atoms with Gasteiger partial charge in [0.1, 0.15) is 16.6 Å². The summed E-state index contributed by atoms with van der Waals surface area (Å²) in [6, 6.07) is 9.87. The molecule has 3 rings (SSSR count). The third-order valence-corrected chi connectivity index (χ3v) is 5.17. The molecule has 1 N–H and O–H groups in total. The molecule has 2 aromatic heterocycles. The Balaban J connectivity index is 1.61. The van der Waals surface area contributed by atoms with Gasteiger partial charge in [-0.05, 0) is 50.1 Å². The molecule has 0 aliphatic rings. The number of carbonyl (C=O) groups is 1. The molecule has 140 valence electrons. The maximum Gasteiger partial charge on any atom is 0.254 e. The molecule has 0 unspecified atom stereocenters. The van der Waals surface area contributed by atoms with Crippen molar-refractivity contribution in [1.29, 1.82) is 0 Å². The second-order valence-corrected chi connectivity index (χ2v) is 7.05. The lowest BCUT2D eigenvalue weighted by molar-refractivity contribution is 0.0950. The number of amides is 1. The van der Waals surface area contributed by atoms with Crippen LogP contribution >= 0.6 is 11.8 Å². The predicted molar refractivity (Wildman–Crippen MR) is 102 cm³/mol. The standard InChI is InChI=1S/C20H20FN3O2S/c1-13-18(14(2)26-24-13)12-27-20-17(7-4-9-23-20)19(25)22-10-8-15-5-3-6-16(21)11-15/h3-7,9,11H,8,10,12H2,1-2H3,(H,22,25). The number of benzene rings is 1. The zero-order chi connectivity index (χ0) is 19.2. The maximum atomic E-state index is 13.2. The van der Waals surface area contributed by atoms with Gasteiger partial charge < -0.3 is 9.84 Å². The minimum absolute atomic E-state index is 0.194. The summed E-state index contributed by atoms with van der Waals surface area (Å²) in [7, 11) is 0. The van der Waals surface area contributed by atoms with E-state index >= 15 is 0 Å². The van der Waals surface area contributed by atoms with Crippen LogP contribution < -0.4 is 5.32 Å². The van der Waals surface area contributed by atoms with Crippen LogP contribution in [0.1, 0.15) is 32.9 Å². The van der Waals surface area contributed by atoms with E-state index in [9.17, 15) is 9.18 Å². The Bertz CT molecular complexity index is 923. The lowest BCUT2D eigenvalue weighted by Crippen LogP contribution is -2.26. The van der Waals surface area contributed by atoms with Gasteiger partial charge in [-0.3, -0.25) is 4.79 Å². The van der Waals surface area contributed by atoms with Gasteiger partial charge >= 0.3 is 0 Å². The summed E-state index contributed by atoms with van der Waals surface area (Å²) in [5.74, 6) is 0.934. The molecule has 1 amide bonds. The molecule has 5 nitrogen and oxygen atoms in total. The van der Waals surface area contributed by atoms with Crippen molar-refractivity contribution in [3.63, 3.8) is 0 Å². The largest absolute Gasteiger partial charge is 0.361 e. The zero-order valence-electron chi connectivity index (χ0n) is 15.2. The van der Waals surface area contributed by atoms with Gasteiger partial charge in [-0.1, -0.05) is 17.3 Å². The minimum atomic E-state index is -0.274. The molecule has 0 aliphatic heterocycles.